The summed E-state index contributed by atoms with van der Waals surface area (Å²) in [4.78, 5) is 2.50. The number of aromatic hydroxyl groups is 1. The Hall–Kier alpha value is -0.770. The van der Waals surface area contributed by atoms with Crippen LogP contribution in [0.4, 0.5) is 0 Å². The molecule has 1 aromatic carbocycles. The van der Waals surface area contributed by atoms with E-state index in [1.807, 2.05) is 12.1 Å². The third-order valence-corrected chi connectivity index (χ3v) is 4.19. The summed E-state index contributed by atoms with van der Waals surface area (Å²) in [6, 6.07) is 6.14. The van der Waals surface area contributed by atoms with Crippen LogP contribution in [-0.4, -0.2) is 35.7 Å². The van der Waals surface area contributed by atoms with E-state index in [0.29, 0.717) is 11.1 Å². The highest BCUT2D eigenvalue weighted by Gasteiger charge is 2.18. The van der Waals surface area contributed by atoms with Crippen molar-refractivity contribution >= 4 is 11.6 Å². The third-order valence-electron chi connectivity index (χ3n) is 3.89. The molecule has 1 fully saturated rings. The highest BCUT2D eigenvalue weighted by Crippen LogP contribution is 2.24. The standard InChI is InChI=1S/C16H25ClN2O/c1-2-3-9-19(12-14-5-4-8-18-14)11-13-6-7-16(20)15(17)10-13/h6-7,10,14,18,20H,2-5,8-9,11-12H2,1H3. The Labute approximate surface area is 126 Å². The summed E-state index contributed by atoms with van der Waals surface area (Å²) >= 11 is 5.99. The molecular formula is C16H25ClN2O. The van der Waals surface area contributed by atoms with Crippen molar-refractivity contribution in [1.82, 2.24) is 10.2 Å². The Balaban J connectivity index is 1.95. The van der Waals surface area contributed by atoms with Crippen LogP contribution in [0.5, 0.6) is 5.75 Å². The molecule has 1 heterocycles. The zero-order valence-corrected chi connectivity index (χ0v) is 13.0. The molecule has 112 valence electrons. The van der Waals surface area contributed by atoms with Crippen molar-refractivity contribution in [2.45, 2.75) is 45.2 Å². The number of nitrogens with one attached hydrogen (secondary N) is 1. The van der Waals surface area contributed by atoms with Crippen LogP contribution >= 0.6 is 11.6 Å². The lowest BCUT2D eigenvalue weighted by molar-refractivity contribution is 0.237. The van der Waals surface area contributed by atoms with Crippen molar-refractivity contribution in [3.8, 4) is 5.75 Å². The van der Waals surface area contributed by atoms with Gasteiger partial charge >= 0.3 is 0 Å². The molecule has 3 nitrogen and oxygen atoms in total. The molecule has 0 aliphatic carbocycles. The van der Waals surface area contributed by atoms with E-state index in [1.165, 1.54) is 31.2 Å². The summed E-state index contributed by atoms with van der Waals surface area (Å²) in [5.74, 6) is 0.160. The van der Waals surface area contributed by atoms with Crippen LogP contribution in [0.1, 0.15) is 38.2 Å². The Kier molecular flexibility index (Phi) is 6.14. The van der Waals surface area contributed by atoms with Gasteiger partial charge in [-0.1, -0.05) is 31.0 Å². The lowest BCUT2D eigenvalue weighted by Gasteiger charge is -2.25. The average molecular weight is 297 g/mol. The van der Waals surface area contributed by atoms with Crippen LogP contribution in [0, 0.1) is 0 Å². The monoisotopic (exact) mass is 296 g/mol. The number of benzene rings is 1. The average Bonchev–Trinajstić information content (AvgIpc) is 2.93. The van der Waals surface area contributed by atoms with Crippen LogP contribution in [0.2, 0.25) is 5.02 Å². The van der Waals surface area contributed by atoms with E-state index in [2.05, 4.69) is 17.1 Å². The predicted molar refractivity (Wildman–Crippen MR) is 84.3 cm³/mol. The van der Waals surface area contributed by atoms with E-state index in [-0.39, 0.29) is 5.75 Å². The minimum Gasteiger partial charge on any atom is -0.506 e. The van der Waals surface area contributed by atoms with Gasteiger partial charge in [-0.25, -0.2) is 0 Å². The largest absolute Gasteiger partial charge is 0.506 e. The maximum atomic E-state index is 9.49. The van der Waals surface area contributed by atoms with Gasteiger partial charge in [0.15, 0.2) is 0 Å². The molecule has 0 saturated carbocycles. The fourth-order valence-corrected chi connectivity index (χ4v) is 2.95. The summed E-state index contributed by atoms with van der Waals surface area (Å²) in [6.07, 6.45) is 5.00. The van der Waals surface area contributed by atoms with Gasteiger partial charge in [-0.15, -0.1) is 0 Å². The van der Waals surface area contributed by atoms with Crippen molar-refractivity contribution in [3.05, 3.63) is 28.8 Å². The molecule has 0 spiro atoms. The Morgan fingerprint density at radius 3 is 2.95 bits per heavy atom. The summed E-state index contributed by atoms with van der Waals surface area (Å²) in [5, 5.41) is 13.5. The first-order chi connectivity index (χ1) is 9.69. The number of hydrogen-bond donors (Lipinski definition) is 2. The van der Waals surface area contributed by atoms with Crippen LogP contribution in [0.3, 0.4) is 0 Å². The molecule has 1 unspecified atom stereocenters. The second-order valence-corrected chi connectivity index (χ2v) is 6.07. The Bertz CT molecular complexity index is 419. The van der Waals surface area contributed by atoms with Gasteiger partial charge in [0.05, 0.1) is 5.02 Å². The number of hydrogen-bond acceptors (Lipinski definition) is 3. The van der Waals surface area contributed by atoms with Gasteiger partial charge < -0.3 is 10.4 Å². The normalized spacial score (nSPS) is 18.9. The molecule has 1 saturated heterocycles. The molecule has 1 aliphatic rings. The molecule has 0 aromatic heterocycles. The van der Waals surface area contributed by atoms with Gasteiger partial charge in [0.1, 0.15) is 5.75 Å². The summed E-state index contributed by atoms with van der Waals surface area (Å²) in [6.45, 7) is 6.49. The molecule has 20 heavy (non-hydrogen) atoms. The quantitative estimate of drug-likeness (QED) is 0.809. The zero-order chi connectivity index (χ0) is 14.4. The van der Waals surface area contributed by atoms with E-state index in [4.69, 9.17) is 11.6 Å². The highest BCUT2D eigenvalue weighted by molar-refractivity contribution is 6.32. The van der Waals surface area contributed by atoms with Gasteiger partial charge in [0, 0.05) is 19.1 Å². The third kappa shape index (κ3) is 4.65. The lowest BCUT2D eigenvalue weighted by atomic mass is 10.1. The maximum absolute atomic E-state index is 9.49. The maximum Gasteiger partial charge on any atom is 0.134 e. The van der Waals surface area contributed by atoms with Crippen LogP contribution in [-0.2, 0) is 6.54 Å². The van der Waals surface area contributed by atoms with Crippen LogP contribution < -0.4 is 5.32 Å². The Morgan fingerprint density at radius 1 is 1.45 bits per heavy atom. The molecule has 1 aliphatic heterocycles. The summed E-state index contributed by atoms with van der Waals surface area (Å²) < 4.78 is 0. The first-order valence-electron chi connectivity index (χ1n) is 7.62. The number of unbranched alkanes of at least 4 members (excludes halogenated alkanes) is 1. The minimum absolute atomic E-state index is 0.160. The van der Waals surface area contributed by atoms with Crippen molar-refractivity contribution < 1.29 is 5.11 Å². The van der Waals surface area contributed by atoms with E-state index in [9.17, 15) is 5.11 Å². The number of phenolic OH excluding ortho intramolecular Hbond substituents is 1. The molecule has 1 aromatic rings. The predicted octanol–water partition coefficient (Wildman–Crippen LogP) is 3.40. The van der Waals surface area contributed by atoms with E-state index < -0.39 is 0 Å². The zero-order valence-electron chi connectivity index (χ0n) is 12.2. The molecule has 0 radical (unpaired) electrons. The molecule has 2 rings (SSSR count). The van der Waals surface area contributed by atoms with Crippen molar-refractivity contribution in [3.63, 3.8) is 0 Å². The second-order valence-electron chi connectivity index (χ2n) is 5.67. The lowest BCUT2D eigenvalue weighted by Crippen LogP contribution is -2.37. The molecule has 2 N–H and O–H groups in total. The fourth-order valence-electron chi connectivity index (χ4n) is 2.75. The number of nitrogens with zero attached hydrogens (tertiary/aromatic N) is 1. The van der Waals surface area contributed by atoms with Crippen LogP contribution in [0.25, 0.3) is 0 Å². The topological polar surface area (TPSA) is 35.5 Å². The smallest absolute Gasteiger partial charge is 0.134 e. The molecule has 0 amide bonds. The Morgan fingerprint density at radius 2 is 2.30 bits per heavy atom. The summed E-state index contributed by atoms with van der Waals surface area (Å²) in [7, 11) is 0. The van der Waals surface area contributed by atoms with Gasteiger partial charge in [-0.05, 0) is 50.0 Å². The molecule has 4 heteroatoms. The number of phenols is 1. The van der Waals surface area contributed by atoms with Crippen LogP contribution in [0.15, 0.2) is 18.2 Å². The minimum atomic E-state index is 0.160. The highest BCUT2D eigenvalue weighted by atomic mass is 35.5. The van der Waals surface area contributed by atoms with Gasteiger partial charge in [-0.3, -0.25) is 4.90 Å². The van der Waals surface area contributed by atoms with E-state index in [0.717, 1.165) is 26.2 Å². The van der Waals surface area contributed by atoms with Gasteiger partial charge in [-0.2, -0.15) is 0 Å². The van der Waals surface area contributed by atoms with Crippen molar-refractivity contribution in [2.75, 3.05) is 19.6 Å². The van der Waals surface area contributed by atoms with Gasteiger partial charge in [0.25, 0.3) is 0 Å². The van der Waals surface area contributed by atoms with Crippen molar-refractivity contribution in [1.29, 1.82) is 0 Å². The first kappa shape index (κ1) is 15.6. The molecular weight excluding hydrogens is 272 g/mol. The fraction of sp³-hybridized carbons (Fsp3) is 0.625. The molecule has 0 bridgehead atoms. The van der Waals surface area contributed by atoms with E-state index in [1.54, 1.807) is 6.07 Å². The summed E-state index contributed by atoms with van der Waals surface area (Å²) in [5.41, 5.74) is 1.17. The molecule has 1 atom stereocenters. The number of halogens is 1. The van der Waals surface area contributed by atoms with Crippen molar-refractivity contribution in [2.24, 2.45) is 0 Å². The van der Waals surface area contributed by atoms with Gasteiger partial charge in [0.2, 0.25) is 0 Å². The van der Waals surface area contributed by atoms with E-state index >= 15 is 0 Å². The SMILES string of the molecule is CCCCN(Cc1ccc(O)c(Cl)c1)CC1CCCN1. The second kappa shape index (κ2) is 7.87. The number of rotatable bonds is 7. The first-order valence-corrected chi connectivity index (χ1v) is 8.00.